The zero-order valence-electron chi connectivity index (χ0n) is 46.7. The van der Waals surface area contributed by atoms with Gasteiger partial charge in [0.1, 0.15) is 54.3 Å². The average Bonchev–Trinajstić information content (AvgIpc) is 3.41. The van der Waals surface area contributed by atoms with Crippen molar-refractivity contribution in [1.29, 1.82) is 0 Å². The summed E-state index contributed by atoms with van der Waals surface area (Å²) in [6, 6.07) is 24.0. The van der Waals surface area contributed by atoms with Crippen LogP contribution in [0.4, 0.5) is 19.2 Å². The number of nitrogens with one attached hydrogen (secondary N) is 7. The molecule has 6 atom stereocenters. The van der Waals surface area contributed by atoms with Gasteiger partial charge in [-0.05, 0) is 99.9 Å². The van der Waals surface area contributed by atoms with Crippen molar-refractivity contribution < 1.29 is 72.6 Å². The Bertz CT molecular complexity index is 2770. The van der Waals surface area contributed by atoms with E-state index in [4.69, 9.17) is 18.9 Å². The smallest absolute Gasteiger partial charge is 0.408 e. The highest BCUT2D eigenvalue weighted by molar-refractivity contribution is 5.94. The summed E-state index contributed by atoms with van der Waals surface area (Å²) in [5, 5.41) is 51.6. The van der Waals surface area contributed by atoms with E-state index in [9.17, 15) is 53.7 Å². The van der Waals surface area contributed by atoms with Crippen molar-refractivity contribution in [3.8, 4) is 16.9 Å². The van der Waals surface area contributed by atoms with Crippen molar-refractivity contribution in [1.82, 2.24) is 42.1 Å². The first-order valence-electron chi connectivity index (χ1n) is 26.6. The number of phenolic OH excluding ortho intramolecular Hbond substituents is 1. The van der Waals surface area contributed by atoms with Crippen LogP contribution in [-0.4, -0.2) is 149 Å². The standard InChI is InChI=1S/C58H76N8O15/c1-57(2,3)80-54(75)62-31-42(67)30-46-52(73)66(7)47(27-38-20-14-21-39(26-38)40-23-24-48(69)41(28-40)29-45(50(71)63-46)65-56(77)81-58(4,5)6)51(72)61-33-43(68)32-60-49(70)44(64-55(76)79-35-37-18-12-9-13-19-37)22-15-25-59-53(74)78-34-36-16-10-8-11-17-36/h8-14,16-21,23-24,26,28,42-47,67-69H,15,22,25,27,29-35H2,1-7H3,(H,59,74)(H,60,70)(H,61,72)(H,62,75)(H,63,71)(H,64,76)(H,65,77)/t42-,43?,44+,45+,46+,47+/m1/s1. The normalized spacial score (nSPS) is 16.8. The molecule has 1 heterocycles. The topological polar surface area (TPSA) is 322 Å². The molecule has 0 saturated carbocycles. The number of hydrogen-bond donors (Lipinski definition) is 10. The Morgan fingerprint density at radius 3 is 1.90 bits per heavy atom. The summed E-state index contributed by atoms with van der Waals surface area (Å²) < 4.78 is 21.4. The molecule has 1 aliphatic rings. The van der Waals surface area contributed by atoms with Gasteiger partial charge in [0.25, 0.3) is 0 Å². The number of benzene rings is 4. The molecule has 8 amide bonds. The summed E-state index contributed by atoms with van der Waals surface area (Å²) in [7, 11) is 1.31. The second-order valence-electron chi connectivity index (χ2n) is 21.5. The lowest BCUT2D eigenvalue weighted by Crippen LogP contribution is -2.59. The fraction of sp³-hybridized carbons (Fsp3) is 0.448. The van der Waals surface area contributed by atoms with Gasteiger partial charge in [0.2, 0.25) is 23.6 Å². The van der Waals surface area contributed by atoms with E-state index in [1.165, 1.54) is 13.1 Å². The minimum absolute atomic E-state index is 0.0227. The fourth-order valence-electron chi connectivity index (χ4n) is 8.27. The van der Waals surface area contributed by atoms with Crippen molar-refractivity contribution in [2.75, 3.05) is 33.2 Å². The number of aromatic hydroxyl groups is 1. The van der Waals surface area contributed by atoms with Gasteiger partial charge in [-0.25, -0.2) is 19.2 Å². The largest absolute Gasteiger partial charge is 0.508 e. The minimum Gasteiger partial charge on any atom is -0.508 e. The molecule has 1 unspecified atom stereocenters. The van der Waals surface area contributed by atoms with E-state index in [0.717, 1.165) is 10.5 Å². The Balaban J connectivity index is 1.34. The third-order valence-corrected chi connectivity index (χ3v) is 12.3. The van der Waals surface area contributed by atoms with E-state index in [-0.39, 0.29) is 56.8 Å². The van der Waals surface area contributed by atoms with E-state index in [1.807, 2.05) is 18.2 Å². The fourth-order valence-corrected chi connectivity index (χ4v) is 8.27. The molecule has 5 rings (SSSR count). The molecule has 0 aromatic heterocycles. The number of alkyl carbamates (subject to hydrolysis) is 4. The number of aliphatic hydroxyl groups is 2. The molecule has 4 bridgehead atoms. The van der Waals surface area contributed by atoms with Crippen LogP contribution in [0.1, 0.15) is 83.1 Å². The van der Waals surface area contributed by atoms with Crippen molar-refractivity contribution in [3.63, 3.8) is 0 Å². The van der Waals surface area contributed by atoms with Gasteiger partial charge in [-0.1, -0.05) is 91.0 Å². The quantitative estimate of drug-likeness (QED) is 0.0437. The van der Waals surface area contributed by atoms with E-state index in [2.05, 4.69) is 37.2 Å². The summed E-state index contributed by atoms with van der Waals surface area (Å²) in [4.78, 5) is 110. The lowest BCUT2D eigenvalue weighted by atomic mass is 9.95. The van der Waals surface area contributed by atoms with Gasteiger partial charge in [-0.3, -0.25) is 19.2 Å². The monoisotopic (exact) mass is 1120 g/mol. The lowest BCUT2D eigenvalue weighted by molar-refractivity contribution is -0.142. The summed E-state index contributed by atoms with van der Waals surface area (Å²) in [5.41, 5.74) is 1.68. The molecule has 0 radical (unpaired) electrons. The number of ether oxygens (including phenoxy) is 4. The number of carbonyl (C=O) groups is 8. The van der Waals surface area contributed by atoms with E-state index >= 15 is 0 Å². The number of phenols is 1. The van der Waals surface area contributed by atoms with Crippen LogP contribution < -0.4 is 37.2 Å². The van der Waals surface area contributed by atoms with Crippen molar-refractivity contribution in [3.05, 3.63) is 125 Å². The predicted molar refractivity (Wildman–Crippen MR) is 297 cm³/mol. The molecular formula is C58H76N8O15. The Morgan fingerprint density at radius 2 is 1.26 bits per heavy atom. The van der Waals surface area contributed by atoms with Gasteiger partial charge in [-0.2, -0.15) is 0 Å². The molecule has 438 valence electrons. The van der Waals surface area contributed by atoms with Crippen LogP contribution in [-0.2, 0) is 64.2 Å². The SMILES string of the molecule is CN1C(=O)[C@H](C[C@@H](O)CNC(=O)OC(C)(C)C)NC(=O)[C@@H](NC(=O)OC(C)(C)C)Cc2cc(ccc2O)-c2cccc(c2)C[C@H]1C(=O)NCC(O)CNC(=O)[C@H](CCCNC(=O)OCc1ccccc1)NC(=O)OCc1ccccc1. The van der Waals surface area contributed by atoms with Crippen LogP contribution in [0, 0.1) is 0 Å². The zero-order chi connectivity index (χ0) is 59.3. The maximum atomic E-state index is 14.8. The zero-order valence-corrected chi connectivity index (χ0v) is 46.7. The number of rotatable bonds is 20. The number of likely N-dealkylation sites (N-methyl/N-ethyl adjacent to an activating group) is 1. The van der Waals surface area contributed by atoms with Crippen molar-refractivity contribution in [2.45, 2.75) is 134 Å². The van der Waals surface area contributed by atoms with Crippen molar-refractivity contribution >= 4 is 48.0 Å². The number of aliphatic hydroxyl groups excluding tert-OH is 2. The molecule has 10 N–H and O–H groups in total. The molecule has 23 heteroatoms. The Labute approximate surface area is 471 Å². The molecule has 4 aromatic rings. The van der Waals surface area contributed by atoms with E-state index in [1.54, 1.807) is 120 Å². The number of amides is 8. The molecule has 0 aliphatic carbocycles. The second-order valence-corrected chi connectivity index (χ2v) is 21.5. The van der Waals surface area contributed by atoms with Crippen molar-refractivity contribution in [2.24, 2.45) is 0 Å². The number of nitrogens with zero attached hydrogens (tertiary/aromatic N) is 1. The maximum Gasteiger partial charge on any atom is 0.408 e. The van der Waals surface area contributed by atoms with Gasteiger partial charge in [0.05, 0.1) is 12.2 Å². The Hall–Kier alpha value is -8.44. The highest BCUT2D eigenvalue weighted by atomic mass is 16.6. The number of carbonyl (C=O) groups excluding carboxylic acids is 8. The predicted octanol–water partition coefficient (Wildman–Crippen LogP) is 4.23. The van der Waals surface area contributed by atoms with Crippen LogP contribution in [0.15, 0.2) is 103 Å². The molecule has 1 aliphatic heterocycles. The third-order valence-electron chi connectivity index (χ3n) is 12.3. The van der Waals surface area contributed by atoms with Gasteiger partial charge in [0, 0.05) is 52.5 Å². The highest BCUT2D eigenvalue weighted by Gasteiger charge is 2.37. The maximum absolute atomic E-state index is 14.8. The van der Waals surface area contributed by atoms with E-state index in [0.29, 0.717) is 22.3 Å². The summed E-state index contributed by atoms with van der Waals surface area (Å²) in [5.74, 6) is -3.48. The Morgan fingerprint density at radius 1 is 0.667 bits per heavy atom. The van der Waals surface area contributed by atoms with Gasteiger partial charge >= 0.3 is 24.4 Å². The molecule has 81 heavy (non-hydrogen) atoms. The summed E-state index contributed by atoms with van der Waals surface area (Å²) in [6.07, 6.45) is -7.05. The van der Waals surface area contributed by atoms with Crippen LogP contribution >= 0.6 is 0 Å². The van der Waals surface area contributed by atoms with Crippen LogP contribution in [0.3, 0.4) is 0 Å². The first-order chi connectivity index (χ1) is 38.3. The van der Waals surface area contributed by atoms with Gasteiger partial charge < -0.3 is 76.4 Å². The lowest BCUT2D eigenvalue weighted by Gasteiger charge is -2.33. The second kappa shape index (κ2) is 30.2. The van der Waals surface area contributed by atoms with E-state index < -0.39 is 122 Å². The van der Waals surface area contributed by atoms with Crippen LogP contribution in [0.5, 0.6) is 5.75 Å². The van der Waals surface area contributed by atoms with Gasteiger partial charge in [-0.15, -0.1) is 0 Å². The van der Waals surface area contributed by atoms with Crippen LogP contribution in [0.2, 0.25) is 0 Å². The van der Waals surface area contributed by atoms with Gasteiger partial charge in [0.15, 0.2) is 0 Å². The first-order valence-corrected chi connectivity index (χ1v) is 26.6. The van der Waals surface area contributed by atoms with Crippen LogP contribution in [0.25, 0.3) is 11.1 Å². The molecule has 4 aromatic carbocycles. The number of fused-ring (bicyclic) bond motifs is 5. The highest BCUT2D eigenvalue weighted by Crippen LogP contribution is 2.29. The molecular weight excluding hydrogens is 1050 g/mol. The third kappa shape index (κ3) is 22.3. The minimum atomic E-state index is -1.62. The molecule has 0 saturated heterocycles. The molecule has 23 nitrogen and oxygen atoms in total. The molecule has 0 spiro atoms. The Kier molecular flexibility index (Phi) is 23.7. The summed E-state index contributed by atoms with van der Waals surface area (Å²) >= 11 is 0. The summed E-state index contributed by atoms with van der Waals surface area (Å²) in [6.45, 7) is 8.55. The first kappa shape index (κ1) is 63.4. The average molecular weight is 1130 g/mol. The molecule has 0 fully saturated rings. The number of hydrogen-bond acceptors (Lipinski definition) is 15.